The molecule has 1 N–H and O–H groups in total. The summed E-state index contributed by atoms with van der Waals surface area (Å²) in [6.07, 6.45) is 0.744. The second kappa shape index (κ2) is 5.61. The number of nitrogens with zero attached hydrogens (tertiary/aromatic N) is 1. The van der Waals surface area contributed by atoms with E-state index in [0.717, 1.165) is 17.7 Å². The van der Waals surface area contributed by atoms with E-state index in [9.17, 15) is 9.90 Å². The largest absolute Gasteiger partial charge is 0.508 e. The highest BCUT2D eigenvalue weighted by molar-refractivity contribution is 5.96. The Bertz CT molecular complexity index is 472. The van der Waals surface area contributed by atoms with Crippen LogP contribution in [0.5, 0.6) is 5.75 Å². The Morgan fingerprint density at radius 2 is 2.26 bits per heavy atom. The molecule has 1 aliphatic rings. The van der Waals surface area contributed by atoms with Gasteiger partial charge in [0.25, 0.3) is 0 Å². The maximum absolute atomic E-state index is 12.6. The number of anilines is 1. The molecule has 0 spiro atoms. The first-order chi connectivity index (χ1) is 9.04. The molecule has 0 bridgehead atoms. The molecule has 0 aliphatic carbocycles. The summed E-state index contributed by atoms with van der Waals surface area (Å²) >= 11 is 0. The van der Waals surface area contributed by atoms with Crippen molar-refractivity contribution >= 4 is 11.6 Å². The van der Waals surface area contributed by atoms with Gasteiger partial charge < -0.3 is 14.7 Å². The van der Waals surface area contributed by atoms with E-state index in [0.29, 0.717) is 13.2 Å². The number of amides is 1. The molecule has 1 aliphatic heterocycles. The third kappa shape index (κ3) is 2.73. The fraction of sp³-hybridized carbons (Fsp3) is 0.533. The van der Waals surface area contributed by atoms with Gasteiger partial charge in [-0.05, 0) is 38.8 Å². The van der Waals surface area contributed by atoms with Crippen molar-refractivity contribution in [2.24, 2.45) is 5.92 Å². The third-order valence-corrected chi connectivity index (χ3v) is 3.76. The summed E-state index contributed by atoms with van der Waals surface area (Å²) in [5, 5.41) is 9.62. The highest BCUT2D eigenvalue weighted by Gasteiger charge is 2.34. The average molecular weight is 263 g/mol. The van der Waals surface area contributed by atoms with Crippen LogP contribution < -0.4 is 4.90 Å². The number of rotatable bonds is 3. The number of ether oxygens (including phenoxy) is 1. The predicted octanol–water partition coefficient (Wildman–Crippen LogP) is 2.48. The zero-order chi connectivity index (χ0) is 14.0. The number of phenolic OH excluding ortho intramolecular Hbond substituents is 1. The smallest absolute Gasteiger partial charge is 0.232 e. The lowest BCUT2D eigenvalue weighted by Crippen LogP contribution is -2.39. The number of aryl methyl sites for hydroxylation is 1. The number of carbonyl (C=O) groups is 1. The zero-order valence-electron chi connectivity index (χ0n) is 11.7. The fourth-order valence-electron chi connectivity index (χ4n) is 2.59. The van der Waals surface area contributed by atoms with Gasteiger partial charge in [0.1, 0.15) is 5.75 Å². The lowest BCUT2D eigenvalue weighted by molar-refractivity contribution is -0.123. The molecule has 2 unspecified atom stereocenters. The van der Waals surface area contributed by atoms with E-state index in [4.69, 9.17) is 4.74 Å². The van der Waals surface area contributed by atoms with Crippen LogP contribution >= 0.6 is 0 Å². The standard InChI is InChI=1S/C15H21NO3/c1-4-16(14-9-12(17)6-5-10(14)2)15(18)13-7-8-19-11(13)3/h5-6,9,11,13,17H,4,7-8H2,1-3H3. The quantitative estimate of drug-likeness (QED) is 0.911. The van der Waals surface area contributed by atoms with Gasteiger partial charge in [0.05, 0.1) is 17.7 Å². The number of hydrogen-bond acceptors (Lipinski definition) is 3. The number of benzene rings is 1. The summed E-state index contributed by atoms with van der Waals surface area (Å²) in [6, 6.07) is 5.12. The number of phenols is 1. The van der Waals surface area contributed by atoms with Gasteiger partial charge in [0.15, 0.2) is 0 Å². The van der Waals surface area contributed by atoms with Crippen molar-refractivity contribution in [2.75, 3.05) is 18.1 Å². The number of hydrogen-bond donors (Lipinski definition) is 1. The molecule has 19 heavy (non-hydrogen) atoms. The van der Waals surface area contributed by atoms with E-state index >= 15 is 0 Å². The van der Waals surface area contributed by atoms with Crippen LogP contribution in [-0.2, 0) is 9.53 Å². The lowest BCUT2D eigenvalue weighted by atomic mass is 10.00. The molecule has 1 heterocycles. The Morgan fingerprint density at radius 3 is 2.84 bits per heavy atom. The van der Waals surface area contributed by atoms with Gasteiger partial charge >= 0.3 is 0 Å². The minimum atomic E-state index is -0.0818. The molecule has 1 aromatic carbocycles. The van der Waals surface area contributed by atoms with Crippen molar-refractivity contribution in [3.05, 3.63) is 23.8 Å². The van der Waals surface area contributed by atoms with Gasteiger partial charge in [0.2, 0.25) is 5.91 Å². The molecule has 0 radical (unpaired) electrons. The molecule has 2 atom stereocenters. The molecule has 104 valence electrons. The highest BCUT2D eigenvalue weighted by atomic mass is 16.5. The Balaban J connectivity index is 2.28. The van der Waals surface area contributed by atoms with Crippen LogP contribution in [0.15, 0.2) is 18.2 Å². The summed E-state index contributed by atoms with van der Waals surface area (Å²) in [6.45, 7) is 7.07. The molecule has 1 amide bonds. The van der Waals surface area contributed by atoms with Gasteiger partial charge in [0, 0.05) is 19.2 Å². The average Bonchev–Trinajstić information content (AvgIpc) is 2.80. The Kier molecular flexibility index (Phi) is 4.10. The van der Waals surface area contributed by atoms with Crippen LogP contribution in [0.25, 0.3) is 0 Å². The second-order valence-corrected chi connectivity index (χ2v) is 5.02. The van der Waals surface area contributed by atoms with E-state index in [-0.39, 0.29) is 23.7 Å². The van der Waals surface area contributed by atoms with Crippen molar-refractivity contribution in [3.63, 3.8) is 0 Å². The predicted molar refractivity (Wildman–Crippen MR) is 74.4 cm³/mol. The summed E-state index contributed by atoms with van der Waals surface area (Å²) in [4.78, 5) is 14.4. The van der Waals surface area contributed by atoms with Crippen LogP contribution in [0, 0.1) is 12.8 Å². The fourth-order valence-corrected chi connectivity index (χ4v) is 2.59. The van der Waals surface area contributed by atoms with Crippen LogP contribution in [0.3, 0.4) is 0 Å². The monoisotopic (exact) mass is 263 g/mol. The topological polar surface area (TPSA) is 49.8 Å². The van der Waals surface area contributed by atoms with E-state index in [1.165, 1.54) is 0 Å². The molecule has 4 nitrogen and oxygen atoms in total. The molecular weight excluding hydrogens is 242 g/mol. The Labute approximate surface area is 114 Å². The van der Waals surface area contributed by atoms with Gasteiger partial charge in [-0.15, -0.1) is 0 Å². The Hall–Kier alpha value is -1.55. The van der Waals surface area contributed by atoms with Crippen molar-refractivity contribution in [2.45, 2.75) is 33.3 Å². The first-order valence-corrected chi connectivity index (χ1v) is 6.77. The highest BCUT2D eigenvalue weighted by Crippen LogP contribution is 2.29. The summed E-state index contributed by atoms with van der Waals surface area (Å²) < 4.78 is 5.47. The van der Waals surface area contributed by atoms with Gasteiger partial charge in [-0.2, -0.15) is 0 Å². The van der Waals surface area contributed by atoms with Crippen molar-refractivity contribution < 1.29 is 14.6 Å². The molecule has 0 aromatic heterocycles. The van der Waals surface area contributed by atoms with Crippen molar-refractivity contribution in [3.8, 4) is 5.75 Å². The van der Waals surface area contributed by atoms with Crippen LogP contribution in [0.2, 0.25) is 0 Å². The first kappa shape index (κ1) is 13.9. The van der Waals surface area contributed by atoms with Crippen molar-refractivity contribution in [1.82, 2.24) is 0 Å². The number of carbonyl (C=O) groups excluding carboxylic acids is 1. The van der Waals surface area contributed by atoms with Gasteiger partial charge in [-0.1, -0.05) is 6.07 Å². The van der Waals surface area contributed by atoms with Crippen LogP contribution in [0.1, 0.15) is 25.8 Å². The van der Waals surface area contributed by atoms with Crippen LogP contribution in [0.4, 0.5) is 5.69 Å². The number of aromatic hydroxyl groups is 1. The van der Waals surface area contributed by atoms with Crippen LogP contribution in [-0.4, -0.2) is 30.3 Å². The Morgan fingerprint density at radius 1 is 1.53 bits per heavy atom. The summed E-state index contributed by atoms with van der Waals surface area (Å²) in [7, 11) is 0. The maximum Gasteiger partial charge on any atom is 0.232 e. The maximum atomic E-state index is 12.6. The van der Waals surface area contributed by atoms with E-state index in [1.807, 2.05) is 26.8 Å². The van der Waals surface area contributed by atoms with Crippen molar-refractivity contribution in [1.29, 1.82) is 0 Å². The molecule has 1 aromatic rings. The van der Waals surface area contributed by atoms with E-state index in [2.05, 4.69) is 0 Å². The molecule has 4 heteroatoms. The summed E-state index contributed by atoms with van der Waals surface area (Å²) in [5.74, 6) is 0.186. The normalized spacial score (nSPS) is 22.5. The molecular formula is C15H21NO3. The third-order valence-electron chi connectivity index (χ3n) is 3.76. The summed E-state index contributed by atoms with van der Waals surface area (Å²) in [5.41, 5.74) is 1.77. The lowest BCUT2D eigenvalue weighted by Gasteiger charge is -2.27. The first-order valence-electron chi connectivity index (χ1n) is 6.77. The van der Waals surface area contributed by atoms with Gasteiger partial charge in [-0.25, -0.2) is 0 Å². The zero-order valence-corrected chi connectivity index (χ0v) is 11.7. The van der Waals surface area contributed by atoms with Gasteiger partial charge in [-0.3, -0.25) is 4.79 Å². The minimum Gasteiger partial charge on any atom is -0.508 e. The second-order valence-electron chi connectivity index (χ2n) is 5.02. The SMILES string of the molecule is CCN(C(=O)C1CCOC1C)c1cc(O)ccc1C. The molecule has 2 rings (SSSR count). The molecule has 1 fully saturated rings. The molecule has 0 saturated carbocycles. The molecule has 1 saturated heterocycles. The van der Waals surface area contributed by atoms with E-state index < -0.39 is 0 Å². The van der Waals surface area contributed by atoms with E-state index in [1.54, 1.807) is 17.0 Å². The minimum absolute atomic E-state index is 0.0286.